The van der Waals surface area contributed by atoms with Gasteiger partial charge >= 0.3 is 0 Å². The van der Waals surface area contributed by atoms with Crippen LogP contribution >= 0.6 is 23.2 Å². The van der Waals surface area contributed by atoms with Crippen LogP contribution in [0.15, 0.2) is 36.4 Å². The van der Waals surface area contributed by atoms with Crippen molar-refractivity contribution in [3.8, 4) is 5.75 Å². The molecule has 2 heterocycles. The monoisotopic (exact) mass is 430 g/mol. The second-order valence-corrected chi connectivity index (χ2v) is 9.27. The number of carbonyl (C=O) groups excluding carboxylic acids is 1. The van der Waals surface area contributed by atoms with E-state index >= 15 is 0 Å². The minimum Gasteiger partial charge on any atom is -0.497 e. The van der Waals surface area contributed by atoms with Gasteiger partial charge in [-0.2, -0.15) is 0 Å². The lowest BCUT2D eigenvalue weighted by Gasteiger charge is -2.40. The minimum absolute atomic E-state index is 0.0128. The molecule has 0 unspecified atom stereocenters. The van der Waals surface area contributed by atoms with E-state index in [4.69, 9.17) is 27.9 Å². The molecule has 2 fully saturated rings. The summed E-state index contributed by atoms with van der Waals surface area (Å²) in [5.41, 5.74) is 2.78. The van der Waals surface area contributed by atoms with E-state index in [9.17, 15) is 4.79 Å². The fourth-order valence-corrected chi connectivity index (χ4v) is 5.22. The maximum absolute atomic E-state index is 13.4. The molecule has 1 aliphatic carbocycles. The molecule has 0 aromatic heterocycles. The Bertz CT molecular complexity index is 965. The summed E-state index contributed by atoms with van der Waals surface area (Å²) in [5, 5.41) is 0.859. The van der Waals surface area contributed by atoms with Gasteiger partial charge < -0.3 is 14.5 Å². The molecule has 1 saturated carbocycles. The van der Waals surface area contributed by atoms with Gasteiger partial charge in [0, 0.05) is 29.3 Å². The molecule has 0 bridgehead atoms. The first-order valence-electron chi connectivity index (χ1n) is 10.2. The molecule has 29 heavy (non-hydrogen) atoms. The van der Waals surface area contributed by atoms with Crippen molar-refractivity contribution in [1.82, 2.24) is 4.90 Å². The normalized spacial score (nSPS) is 20.7. The molecular formula is C23H24Cl2N2O2. The molecule has 1 spiro atoms. The number of halogens is 2. The fraction of sp³-hybridized carbons (Fsp3) is 0.435. The van der Waals surface area contributed by atoms with Crippen molar-refractivity contribution < 1.29 is 9.53 Å². The fourth-order valence-electron chi connectivity index (χ4n) is 4.93. The van der Waals surface area contributed by atoms with Crippen LogP contribution in [0.5, 0.6) is 5.75 Å². The summed E-state index contributed by atoms with van der Waals surface area (Å²) in [7, 11) is 1.69. The van der Waals surface area contributed by atoms with Crippen molar-refractivity contribution in [2.45, 2.75) is 37.1 Å². The number of fused-ring (bicyclic) bond motifs is 2. The zero-order valence-corrected chi connectivity index (χ0v) is 18.0. The summed E-state index contributed by atoms with van der Waals surface area (Å²) in [6, 6.07) is 12.0. The van der Waals surface area contributed by atoms with Crippen molar-refractivity contribution >= 4 is 34.8 Å². The number of hydrogen-bond acceptors (Lipinski definition) is 3. The first-order valence-corrected chi connectivity index (χ1v) is 11.0. The topological polar surface area (TPSA) is 32.8 Å². The van der Waals surface area contributed by atoms with Gasteiger partial charge in [0.2, 0.25) is 0 Å². The van der Waals surface area contributed by atoms with Gasteiger partial charge in [0.15, 0.2) is 0 Å². The standard InChI is InChI=1S/C23H24Cl2N2O2/c1-29-17-5-7-21-18(13-17)23(8-10-26(11-9-23)16-3-4-16)14-27(21)22(28)15-2-6-19(24)20(25)12-15/h2,5-7,12-13,16H,3-4,8-11,14H2,1H3. The average Bonchev–Trinajstić information content (AvgIpc) is 3.54. The van der Waals surface area contributed by atoms with Gasteiger partial charge in [-0.25, -0.2) is 0 Å². The molecule has 0 atom stereocenters. The highest BCUT2D eigenvalue weighted by molar-refractivity contribution is 6.42. The second-order valence-electron chi connectivity index (χ2n) is 8.45. The summed E-state index contributed by atoms with van der Waals surface area (Å²) in [6.07, 6.45) is 4.79. The summed E-state index contributed by atoms with van der Waals surface area (Å²) >= 11 is 12.2. The van der Waals surface area contributed by atoms with Gasteiger partial charge in [0.25, 0.3) is 5.91 Å². The molecule has 1 saturated heterocycles. The second kappa shape index (κ2) is 7.19. The number of methoxy groups -OCH3 is 1. The van der Waals surface area contributed by atoms with Crippen LogP contribution in [-0.4, -0.2) is 43.6 Å². The zero-order valence-electron chi connectivity index (χ0n) is 16.5. The summed E-state index contributed by atoms with van der Waals surface area (Å²) in [5.74, 6) is 0.813. The maximum Gasteiger partial charge on any atom is 0.258 e. The van der Waals surface area contributed by atoms with Crippen molar-refractivity contribution in [1.29, 1.82) is 0 Å². The van der Waals surface area contributed by atoms with E-state index in [1.165, 1.54) is 18.4 Å². The third-order valence-electron chi connectivity index (χ3n) is 6.76. The van der Waals surface area contributed by atoms with Crippen molar-refractivity contribution in [3.05, 3.63) is 57.6 Å². The Morgan fingerprint density at radius 1 is 1.07 bits per heavy atom. The Morgan fingerprint density at radius 2 is 1.83 bits per heavy atom. The van der Waals surface area contributed by atoms with E-state index in [1.54, 1.807) is 25.3 Å². The van der Waals surface area contributed by atoms with Crippen LogP contribution < -0.4 is 9.64 Å². The zero-order chi connectivity index (χ0) is 20.2. The van der Waals surface area contributed by atoms with Crippen LogP contribution in [0.25, 0.3) is 0 Å². The number of carbonyl (C=O) groups is 1. The number of likely N-dealkylation sites (tertiary alicyclic amines) is 1. The summed E-state index contributed by atoms with van der Waals surface area (Å²) < 4.78 is 5.51. The quantitative estimate of drug-likeness (QED) is 0.673. The summed E-state index contributed by atoms with van der Waals surface area (Å²) in [4.78, 5) is 18.0. The molecule has 1 amide bonds. The van der Waals surface area contributed by atoms with Crippen molar-refractivity contribution in [3.63, 3.8) is 0 Å². The highest BCUT2D eigenvalue weighted by Gasteiger charge is 2.48. The van der Waals surface area contributed by atoms with Gasteiger partial charge in [-0.05, 0) is 80.7 Å². The molecule has 152 valence electrons. The van der Waals surface area contributed by atoms with E-state index < -0.39 is 0 Å². The van der Waals surface area contributed by atoms with Gasteiger partial charge in [-0.1, -0.05) is 23.2 Å². The van der Waals surface area contributed by atoms with Crippen LogP contribution in [0.3, 0.4) is 0 Å². The van der Waals surface area contributed by atoms with E-state index in [1.807, 2.05) is 17.0 Å². The van der Waals surface area contributed by atoms with Crippen molar-refractivity contribution in [2.75, 3.05) is 31.6 Å². The Kier molecular flexibility index (Phi) is 4.77. The third-order valence-corrected chi connectivity index (χ3v) is 7.50. The van der Waals surface area contributed by atoms with E-state index in [2.05, 4.69) is 11.0 Å². The Morgan fingerprint density at radius 3 is 2.48 bits per heavy atom. The van der Waals surface area contributed by atoms with Crippen molar-refractivity contribution in [2.24, 2.45) is 0 Å². The average molecular weight is 431 g/mol. The third kappa shape index (κ3) is 3.31. The first-order chi connectivity index (χ1) is 14.0. The maximum atomic E-state index is 13.4. The molecule has 2 aliphatic heterocycles. The highest BCUT2D eigenvalue weighted by atomic mass is 35.5. The van der Waals surface area contributed by atoms with Gasteiger partial charge in [0.05, 0.1) is 17.2 Å². The van der Waals surface area contributed by atoms with E-state index in [0.29, 0.717) is 22.2 Å². The molecule has 0 radical (unpaired) electrons. The molecule has 6 heteroatoms. The minimum atomic E-state index is -0.0310. The lowest BCUT2D eigenvalue weighted by molar-refractivity contribution is 0.0975. The number of anilines is 1. The molecule has 4 nitrogen and oxygen atoms in total. The number of ether oxygens (including phenoxy) is 1. The van der Waals surface area contributed by atoms with Gasteiger partial charge in [-0.15, -0.1) is 0 Å². The first kappa shape index (κ1) is 19.2. The molecular weight excluding hydrogens is 407 g/mol. The largest absolute Gasteiger partial charge is 0.497 e. The van der Waals surface area contributed by atoms with Gasteiger partial charge in [-0.3, -0.25) is 4.79 Å². The predicted octanol–water partition coefficient (Wildman–Crippen LogP) is 5.16. The predicted molar refractivity (Wildman–Crippen MR) is 117 cm³/mol. The number of amides is 1. The van der Waals surface area contributed by atoms with E-state index in [0.717, 1.165) is 43.4 Å². The molecule has 0 N–H and O–H groups in total. The molecule has 3 aliphatic rings. The van der Waals surface area contributed by atoms with Crippen LogP contribution in [0.2, 0.25) is 10.0 Å². The van der Waals surface area contributed by atoms with Crippen LogP contribution in [0, 0.1) is 0 Å². The SMILES string of the molecule is COc1ccc2c(c1)C1(CCN(C3CC3)CC1)CN2C(=O)c1ccc(Cl)c(Cl)c1. The smallest absolute Gasteiger partial charge is 0.258 e. The van der Waals surface area contributed by atoms with Crippen LogP contribution in [-0.2, 0) is 5.41 Å². The molecule has 5 rings (SSSR count). The lowest BCUT2D eigenvalue weighted by atomic mass is 9.74. The van der Waals surface area contributed by atoms with Gasteiger partial charge in [0.1, 0.15) is 5.75 Å². The Labute approximate surface area is 181 Å². The number of piperidine rings is 1. The summed E-state index contributed by atoms with van der Waals surface area (Å²) in [6.45, 7) is 2.89. The number of benzene rings is 2. The lowest BCUT2D eigenvalue weighted by Crippen LogP contribution is -2.46. The van der Waals surface area contributed by atoms with E-state index in [-0.39, 0.29) is 11.3 Å². The number of hydrogen-bond donors (Lipinski definition) is 0. The Hall–Kier alpha value is -1.75. The Balaban J connectivity index is 1.50. The number of nitrogens with zero attached hydrogens (tertiary/aromatic N) is 2. The molecule has 2 aromatic rings. The van der Waals surface area contributed by atoms with Crippen LogP contribution in [0.4, 0.5) is 5.69 Å². The van der Waals surface area contributed by atoms with Crippen LogP contribution in [0.1, 0.15) is 41.6 Å². The highest BCUT2D eigenvalue weighted by Crippen LogP contribution is 2.49. The molecule has 2 aromatic carbocycles. The number of rotatable bonds is 3.